The van der Waals surface area contributed by atoms with E-state index in [9.17, 15) is 0 Å². The number of hydrogen-bond donors (Lipinski definition) is 1. The third-order valence-corrected chi connectivity index (χ3v) is 3.64. The van der Waals surface area contributed by atoms with E-state index in [-0.39, 0.29) is 12.4 Å². The smallest absolute Gasteiger partial charge is 0.0638 e. The van der Waals surface area contributed by atoms with Gasteiger partial charge in [-0.3, -0.25) is 9.58 Å². The largest absolute Gasteiger partial charge is 0.330 e. The van der Waals surface area contributed by atoms with Crippen LogP contribution in [0.15, 0.2) is 6.20 Å². The lowest BCUT2D eigenvalue weighted by atomic mass is 10.1. The van der Waals surface area contributed by atoms with Crippen LogP contribution in [0.1, 0.15) is 37.6 Å². The van der Waals surface area contributed by atoms with Gasteiger partial charge in [-0.15, -0.1) is 12.4 Å². The second-order valence-electron chi connectivity index (χ2n) is 5.44. The molecule has 2 rings (SSSR count). The second-order valence-corrected chi connectivity index (χ2v) is 5.44. The van der Waals surface area contributed by atoms with Crippen molar-refractivity contribution in [3.63, 3.8) is 0 Å². The number of likely N-dealkylation sites (tertiary alicyclic amines) is 1. The van der Waals surface area contributed by atoms with Crippen LogP contribution in [0.5, 0.6) is 0 Å². The summed E-state index contributed by atoms with van der Waals surface area (Å²) in [5.74, 6) is 0.690. The quantitative estimate of drug-likeness (QED) is 0.912. The zero-order chi connectivity index (χ0) is 12.4. The Bertz CT molecular complexity index is 375. The number of hydrogen-bond acceptors (Lipinski definition) is 3. The van der Waals surface area contributed by atoms with Crippen LogP contribution in [0.25, 0.3) is 0 Å². The summed E-state index contributed by atoms with van der Waals surface area (Å²) in [6.45, 7) is 10.6. The van der Waals surface area contributed by atoms with Crippen LogP contribution in [0.4, 0.5) is 0 Å². The van der Waals surface area contributed by atoms with Gasteiger partial charge in [0.1, 0.15) is 0 Å². The van der Waals surface area contributed by atoms with Gasteiger partial charge in [0.25, 0.3) is 0 Å². The Morgan fingerprint density at radius 1 is 1.50 bits per heavy atom. The molecule has 0 bridgehead atoms. The number of halogens is 1. The van der Waals surface area contributed by atoms with E-state index in [4.69, 9.17) is 5.73 Å². The molecule has 1 aromatic rings. The molecule has 1 atom stereocenters. The van der Waals surface area contributed by atoms with Gasteiger partial charge in [0.15, 0.2) is 0 Å². The SMILES string of the molecule is Cc1nn(C(C)C)cc1CN1CCC(CN)C1.Cl. The summed E-state index contributed by atoms with van der Waals surface area (Å²) >= 11 is 0. The molecule has 0 saturated carbocycles. The van der Waals surface area contributed by atoms with Crippen molar-refractivity contribution >= 4 is 12.4 Å². The van der Waals surface area contributed by atoms with Crippen LogP contribution in [0, 0.1) is 12.8 Å². The molecule has 1 aliphatic rings. The van der Waals surface area contributed by atoms with Crippen molar-refractivity contribution in [1.82, 2.24) is 14.7 Å². The average molecular weight is 273 g/mol. The van der Waals surface area contributed by atoms with E-state index in [0.29, 0.717) is 12.0 Å². The Labute approximate surface area is 116 Å². The van der Waals surface area contributed by atoms with Crippen molar-refractivity contribution in [1.29, 1.82) is 0 Å². The molecule has 18 heavy (non-hydrogen) atoms. The number of nitrogens with zero attached hydrogens (tertiary/aromatic N) is 3. The summed E-state index contributed by atoms with van der Waals surface area (Å²) in [4.78, 5) is 2.49. The van der Waals surface area contributed by atoms with Gasteiger partial charge in [-0.2, -0.15) is 5.10 Å². The zero-order valence-corrected chi connectivity index (χ0v) is 12.4. The maximum Gasteiger partial charge on any atom is 0.0638 e. The van der Waals surface area contributed by atoms with Crippen LogP contribution >= 0.6 is 12.4 Å². The maximum atomic E-state index is 5.72. The number of rotatable bonds is 4. The first-order valence-electron chi connectivity index (χ1n) is 6.57. The molecule has 2 heterocycles. The minimum Gasteiger partial charge on any atom is -0.330 e. The Balaban J connectivity index is 0.00000162. The predicted molar refractivity (Wildman–Crippen MR) is 77.0 cm³/mol. The van der Waals surface area contributed by atoms with Gasteiger partial charge < -0.3 is 5.73 Å². The molecule has 104 valence electrons. The molecule has 0 aliphatic carbocycles. The molecule has 0 aromatic carbocycles. The van der Waals surface area contributed by atoms with E-state index in [2.05, 4.69) is 41.6 Å². The van der Waals surface area contributed by atoms with Crippen LogP contribution in [-0.2, 0) is 6.54 Å². The molecule has 0 amide bonds. The first kappa shape index (κ1) is 15.5. The van der Waals surface area contributed by atoms with E-state index in [1.165, 1.54) is 18.5 Å². The average Bonchev–Trinajstić information content (AvgIpc) is 2.87. The Morgan fingerprint density at radius 3 is 2.72 bits per heavy atom. The zero-order valence-electron chi connectivity index (χ0n) is 11.6. The highest BCUT2D eigenvalue weighted by Crippen LogP contribution is 2.19. The molecule has 5 heteroatoms. The highest BCUT2D eigenvalue weighted by molar-refractivity contribution is 5.85. The van der Waals surface area contributed by atoms with Gasteiger partial charge in [-0.25, -0.2) is 0 Å². The van der Waals surface area contributed by atoms with Crippen LogP contribution in [0.2, 0.25) is 0 Å². The van der Waals surface area contributed by atoms with Gasteiger partial charge in [0.2, 0.25) is 0 Å². The molecule has 1 fully saturated rings. The first-order chi connectivity index (χ1) is 8.10. The van der Waals surface area contributed by atoms with E-state index in [1.54, 1.807) is 0 Å². The van der Waals surface area contributed by atoms with Crippen molar-refractivity contribution in [2.45, 2.75) is 39.8 Å². The fourth-order valence-corrected chi connectivity index (χ4v) is 2.43. The van der Waals surface area contributed by atoms with Crippen molar-refractivity contribution in [2.24, 2.45) is 11.7 Å². The normalized spacial score (nSPS) is 20.4. The van der Waals surface area contributed by atoms with Crippen molar-refractivity contribution in [2.75, 3.05) is 19.6 Å². The van der Waals surface area contributed by atoms with Gasteiger partial charge in [0, 0.05) is 30.9 Å². The monoisotopic (exact) mass is 272 g/mol. The summed E-state index contributed by atoms with van der Waals surface area (Å²) in [5.41, 5.74) is 8.24. The van der Waals surface area contributed by atoms with Gasteiger partial charge in [0.05, 0.1) is 5.69 Å². The minimum atomic E-state index is 0. The number of aryl methyl sites for hydroxylation is 1. The number of nitrogens with two attached hydrogens (primary N) is 1. The highest BCUT2D eigenvalue weighted by Gasteiger charge is 2.22. The van der Waals surface area contributed by atoms with Crippen LogP contribution in [-0.4, -0.2) is 34.3 Å². The fraction of sp³-hybridized carbons (Fsp3) is 0.769. The lowest BCUT2D eigenvalue weighted by molar-refractivity contribution is 0.317. The molecule has 1 aliphatic heterocycles. The Kier molecular flexibility index (Phi) is 5.63. The fourth-order valence-electron chi connectivity index (χ4n) is 2.43. The molecule has 1 unspecified atom stereocenters. The second kappa shape index (κ2) is 6.55. The summed E-state index contributed by atoms with van der Waals surface area (Å²) in [7, 11) is 0. The summed E-state index contributed by atoms with van der Waals surface area (Å²) < 4.78 is 2.06. The predicted octanol–water partition coefficient (Wildman–Crippen LogP) is 1.97. The van der Waals surface area contributed by atoms with Gasteiger partial charge in [-0.05, 0) is 46.2 Å². The molecule has 2 N–H and O–H groups in total. The molecular weight excluding hydrogens is 248 g/mol. The summed E-state index contributed by atoms with van der Waals surface area (Å²) in [6.07, 6.45) is 3.43. The van der Waals surface area contributed by atoms with Gasteiger partial charge >= 0.3 is 0 Å². The summed E-state index contributed by atoms with van der Waals surface area (Å²) in [5, 5.41) is 4.56. The molecule has 0 radical (unpaired) electrons. The Morgan fingerprint density at radius 2 is 2.22 bits per heavy atom. The van der Waals surface area contributed by atoms with E-state index >= 15 is 0 Å². The molecule has 1 aromatic heterocycles. The van der Waals surface area contributed by atoms with Crippen molar-refractivity contribution in [3.05, 3.63) is 17.5 Å². The van der Waals surface area contributed by atoms with Gasteiger partial charge in [-0.1, -0.05) is 0 Å². The van der Waals surface area contributed by atoms with Crippen LogP contribution < -0.4 is 5.73 Å². The minimum absolute atomic E-state index is 0. The molecule has 1 saturated heterocycles. The first-order valence-corrected chi connectivity index (χ1v) is 6.57. The van der Waals surface area contributed by atoms with E-state index in [0.717, 1.165) is 25.3 Å². The maximum absolute atomic E-state index is 5.72. The summed E-state index contributed by atoms with van der Waals surface area (Å²) in [6, 6.07) is 0.442. The lowest BCUT2D eigenvalue weighted by Crippen LogP contribution is -2.22. The Hall–Kier alpha value is -0.580. The lowest BCUT2D eigenvalue weighted by Gasteiger charge is -2.14. The topological polar surface area (TPSA) is 47.1 Å². The third-order valence-electron chi connectivity index (χ3n) is 3.64. The van der Waals surface area contributed by atoms with E-state index < -0.39 is 0 Å². The molecular formula is C13H25ClN4. The highest BCUT2D eigenvalue weighted by atomic mass is 35.5. The molecule has 0 spiro atoms. The standard InChI is InChI=1S/C13H24N4.ClH/c1-10(2)17-9-13(11(3)15-17)8-16-5-4-12(6-14)7-16;/h9-10,12H,4-8,14H2,1-3H3;1H. The van der Waals surface area contributed by atoms with Crippen molar-refractivity contribution in [3.8, 4) is 0 Å². The number of aromatic nitrogens is 2. The van der Waals surface area contributed by atoms with E-state index in [1.807, 2.05) is 0 Å². The van der Waals surface area contributed by atoms with Crippen LogP contribution in [0.3, 0.4) is 0 Å². The third kappa shape index (κ3) is 3.46. The van der Waals surface area contributed by atoms with Crippen molar-refractivity contribution < 1.29 is 0 Å². The molecule has 4 nitrogen and oxygen atoms in total.